The van der Waals surface area contributed by atoms with Gasteiger partial charge >= 0.3 is 0 Å². The van der Waals surface area contributed by atoms with Gasteiger partial charge in [-0.05, 0) is 38.0 Å². The molecule has 1 aliphatic rings. The molecule has 0 saturated carbocycles. The van der Waals surface area contributed by atoms with Crippen LogP contribution < -0.4 is 4.72 Å². The first kappa shape index (κ1) is 15.4. The molecule has 20 heavy (non-hydrogen) atoms. The van der Waals surface area contributed by atoms with E-state index in [4.69, 9.17) is 9.84 Å². The van der Waals surface area contributed by atoms with Crippen LogP contribution in [-0.2, 0) is 21.4 Å². The highest BCUT2D eigenvalue weighted by Crippen LogP contribution is 2.28. The normalized spacial score (nSPS) is 26.9. The number of benzene rings is 1. The van der Waals surface area contributed by atoms with Crippen molar-refractivity contribution in [2.75, 3.05) is 6.61 Å². The van der Waals surface area contributed by atoms with Crippen molar-refractivity contribution < 1.29 is 22.7 Å². The second kappa shape index (κ2) is 5.40. The Morgan fingerprint density at radius 3 is 2.75 bits per heavy atom. The van der Waals surface area contributed by atoms with E-state index in [1.165, 1.54) is 6.07 Å². The lowest BCUT2D eigenvalue weighted by Gasteiger charge is -2.28. The maximum absolute atomic E-state index is 13.9. The van der Waals surface area contributed by atoms with Crippen LogP contribution >= 0.6 is 0 Å². The number of aliphatic hydroxyl groups is 1. The van der Waals surface area contributed by atoms with Gasteiger partial charge in [-0.3, -0.25) is 0 Å². The van der Waals surface area contributed by atoms with E-state index < -0.39 is 26.3 Å². The van der Waals surface area contributed by atoms with Crippen LogP contribution in [0.4, 0.5) is 4.39 Å². The first-order valence-corrected chi connectivity index (χ1v) is 7.82. The van der Waals surface area contributed by atoms with E-state index in [2.05, 4.69) is 4.72 Å². The van der Waals surface area contributed by atoms with E-state index in [0.717, 1.165) is 12.1 Å². The molecule has 0 bridgehead atoms. The highest BCUT2D eigenvalue weighted by atomic mass is 32.2. The zero-order valence-electron chi connectivity index (χ0n) is 11.4. The highest BCUT2D eigenvalue weighted by Gasteiger charge is 2.41. The van der Waals surface area contributed by atoms with Crippen LogP contribution in [0.25, 0.3) is 0 Å². The maximum atomic E-state index is 13.9. The predicted molar refractivity (Wildman–Crippen MR) is 71.1 cm³/mol. The minimum absolute atomic E-state index is 0.281. The molecular formula is C13H18FNO4S. The monoisotopic (exact) mass is 303 g/mol. The van der Waals surface area contributed by atoms with E-state index in [1.807, 2.05) is 0 Å². The van der Waals surface area contributed by atoms with E-state index in [1.54, 1.807) is 13.8 Å². The molecule has 0 radical (unpaired) electrons. The number of halogens is 1. The van der Waals surface area contributed by atoms with Gasteiger partial charge in [0.1, 0.15) is 10.7 Å². The second-order valence-corrected chi connectivity index (χ2v) is 6.86. The van der Waals surface area contributed by atoms with Crippen LogP contribution in [-0.4, -0.2) is 31.8 Å². The number of rotatable bonds is 4. The van der Waals surface area contributed by atoms with Crippen LogP contribution in [0.15, 0.2) is 23.1 Å². The Morgan fingerprint density at radius 1 is 1.55 bits per heavy atom. The predicted octanol–water partition coefficient (Wildman–Crippen LogP) is 1.16. The Morgan fingerprint density at radius 2 is 2.25 bits per heavy atom. The summed E-state index contributed by atoms with van der Waals surface area (Å²) in [6.45, 7) is 3.64. The number of ether oxygens (including phenoxy) is 1. The molecule has 0 aromatic heterocycles. The summed E-state index contributed by atoms with van der Waals surface area (Å²) in [4.78, 5) is -0.421. The third kappa shape index (κ3) is 2.85. The second-order valence-electron chi connectivity index (χ2n) is 5.21. The molecule has 1 aliphatic heterocycles. The third-order valence-electron chi connectivity index (χ3n) is 3.72. The lowest BCUT2D eigenvalue weighted by Crippen LogP contribution is -2.50. The molecule has 0 amide bonds. The summed E-state index contributed by atoms with van der Waals surface area (Å²) in [5.41, 5.74) is -0.425. The van der Waals surface area contributed by atoms with Gasteiger partial charge in [0.05, 0.1) is 18.2 Å². The summed E-state index contributed by atoms with van der Waals surface area (Å²) in [6.07, 6.45) is 0.251. The van der Waals surface area contributed by atoms with E-state index >= 15 is 0 Å². The lowest BCUT2D eigenvalue weighted by molar-refractivity contribution is 0.0957. The van der Waals surface area contributed by atoms with Gasteiger partial charge < -0.3 is 9.84 Å². The molecule has 1 aromatic rings. The summed E-state index contributed by atoms with van der Waals surface area (Å²) < 4.78 is 46.3. The Labute approximate surface area is 117 Å². The van der Waals surface area contributed by atoms with Crippen LogP contribution in [0.2, 0.25) is 0 Å². The molecule has 1 heterocycles. The van der Waals surface area contributed by atoms with E-state index in [9.17, 15) is 12.8 Å². The van der Waals surface area contributed by atoms with Crippen molar-refractivity contribution in [1.29, 1.82) is 0 Å². The van der Waals surface area contributed by atoms with Gasteiger partial charge in [0.2, 0.25) is 10.0 Å². The summed E-state index contributed by atoms with van der Waals surface area (Å²) in [5.74, 6) is -0.876. The molecule has 0 aliphatic carbocycles. The van der Waals surface area contributed by atoms with Gasteiger partial charge in [0.25, 0.3) is 0 Å². The SMILES string of the molecule is CC1OCCC1(C)NS(=O)(=O)c1ccc(CO)cc1F. The fourth-order valence-electron chi connectivity index (χ4n) is 2.19. The molecule has 2 N–H and O–H groups in total. The molecule has 0 spiro atoms. The zero-order chi connectivity index (χ0) is 15.0. The number of aliphatic hydroxyl groups excluding tert-OH is 1. The zero-order valence-corrected chi connectivity index (χ0v) is 12.2. The summed E-state index contributed by atoms with van der Waals surface area (Å²) in [7, 11) is -3.98. The van der Waals surface area contributed by atoms with E-state index in [0.29, 0.717) is 18.6 Å². The molecule has 2 rings (SSSR count). The molecule has 112 valence electrons. The van der Waals surface area contributed by atoms with Crippen LogP contribution in [0, 0.1) is 5.82 Å². The topological polar surface area (TPSA) is 75.6 Å². The first-order chi connectivity index (χ1) is 9.28. The fourth-order valence-corrected chi connectivity index (χ4v) is 3.75. The Kier molecular flexibility index (Phi) is 4.15. The van der Waals surface area contributed by atoms with Gasteiger partial charge in [-0.15, -0.1) is 0 Å². The molecule has 1 aromatic carbocycles. The summed E-state index contributed by atoms with van der Waals surface area (Å²) >= 11 is 0. The number of hydrogen-bond acceptors (Lipinski definition) is 4. The first-order valence-electron chi connectivity index (χ1n) is 6.33. The van der Waals surface area contributed by atoms with Gasteiger partial charge in [-0.1, -0.05) is 6.07 Å². The van der Waals surface area contributed by atoms with Gasteiger partial charge in [0.15, 0.2) is 0 Å². The molecule has 1 saturated heterocycles. The minimum atomic E-state index is -3.98. The maximum Gasteiger partial charge on any atom is 0.244 e. The van der Waals surface area contributed by atoms with Crippen molar-refractivity contribution >= 4 is 10.0 Å². The molecule has 1 fully saturated rings. The summed E-state index contributed by atoms with van der Waals surface area (Å²) in [5, 5.41) is 8.91. The van der Waals surface area contributed by atoms with Gasteiger partial charge in [0, 0.05) is 6.61 Å². The quantitative estimate of drug-likeness (QED) is 0.875. The van der Waals surface area contributed by atoms with Crippen LogP contribution in [0.3, 0.4) is 0 Å². The average Bonchev–Trinajstić information content (AvgIpc) is 2.67. The molecule has 5 nitrogen and oxygen atoms in total. The Balaban J connectivity index is 2.31. The molecule has 7 heteroatoms. The van der Waals surface area contributed by atoms with Crippen molar-refractivity contribution in [2.24, 2.45) is 0 Å². The average molecular weight is 303 g/mol. The Hall–Kier alpha value is -1.02. The largest absolute Gasteiger partial charge is 0.392 e. The number of nitrogens with one attached hydrogen (secondary N) is 1. The number of sulfonamides is 1. The van der Waals surface area contributed by atoms with Gasteiger partial charge in [-0.2, -0.15) is 0 Å². The molecule has 2 unspecified atom stereocenters. The highest BCUT2D eigenvalue weighted by molar-refractivity contribution is 7.89. The minimum Gasteiger partial charge on any atom is -0.392 e. The third-order valence-corrected chi connectivity index (χ3v) is 5.37. The molecule has 2 atom stereocenters. The smallest absolute Gasteiger partial charge is 0.244 e. The number of hydrogen-bond donors (Lipinski definition) is 2. The van der Waals surface area contributed by atoms with Crippen molar-refractivity contribution in [2.45, 2.75) is 43.4 Å². The van der Waals surface area contributed by atoms with E-state index in [-0.39, 0.29) is 12.7 Å². The molecular weight excluding hydrogens is 285 g/mol. The van der Waals surface area contributed by atoms with Crippen LogP contribution in [0.5, 0.6) is 0 Å². The lowest BCUT2D eigenvalue weighted by atomic mass is 9.97. The van der Waals surface area contributed by atoms with Crippen molar-refractivity contribution in [3.05, 3.63) is 29.6 Å². The standard InChI is InChI=1S/C13H18FNO4S/c1-9-13(2,5-6-19-9)15-20(17,18)12-4-3-10(8-16)7-11(12)14/h3-4,7,9,15-16H,5-6,8H2,1-2H3. The Bertz CT molecular complexity index is 604. The van der Waals surface area contributed by atoms with Gasteiger partial charge in [-0.25, -0.2) is 17.5 Å². The fraction of sp³-hybridized carbons (Fsp3) is 0.538. The van der Waals surface area contributed by atoms with Crippen LogP contribution in [0.1, 0.15) is 25.8 Å². The van der Waals surface area contributed by atoms with Crippen molar-refractivity contribution in [3.63, 3.8) is 0 Å². The van der Waals surface area contributed by atoms with Crippen molar-refractivity contribution in [3.8, 4) is 0 Å². The van der Waals surface area contributed by atoms with Crippen molar-refractivity contribution in [1.82, 2.24) is 4.72 Å². The summed E-state index contributed by atoms with van der Waals surface area (Å²) in [6, 6.07) is 3.56.